The molecule has 0 radical (unpaired) electrons. The van der Waals surface area contributed by atoms with Crippen molar-refractivity contribution >= 4 is 0 Å². The van der Waals surface area contributed by atoms with Crippen molar-refractivity contribution in [2.45, 2.75) is 39.5 Å². The van der Waals surface area contributed by atoms with E-state index in [-0.39, 0.29) is 19.6 Å². The van der Waals surface area contributed by atoms with Crippen LogP contribution >= 0.6 is 0 Å². The van der Waals surface area contributed by atoms with Gasteiger partial charge in [-0.15, -0.1) is 0 Å². The van der Waals surface area contributed by atoms with Crippen LogP contribution in [0.3, 0.4) is 0 Å². The first-order valence-corrected chi connectivity index (χ1v) is 6.44. The molecule has 1 aromatic rings. The van der Waals surface area contributed by atoms with Gasteiger partial charge >= 0.3 is 6.18 Å². The minimum atomic E-state index is -4.21. The highest BCUT2D eigenvalue weighted by Gasteiger charge is 2.30. The van der Waals surface area contributed by atoms with Gasteiger partial charge in [0.25, 0.3) is 0 Å². The van der Waals surface area contributed by atoms with Gasteiger partial charge in [0.15, 0.2) is 0 Å². The lowest BCUT2D eigenvalue weighted by Crippen LogP contribution is -2.37. The summed E-state index contributed by atoms with van der Waals surface area (Å²) in [7, 11) is 0. The molecule has 0 fully saturated rings. The van der Waals surface area contributed by atoms with E-state index in [2.05, 4.69) is 5.10 Å². The third kappa shape index (κ3) is 5.20. The molecule has 1 heterocycles. The van der Waals surface area contributed by atoms with Crippen molar-refractivity contribution in [3.05, 3.63) is 17.5 Å². The molecule has 4 nitrogen and oxygen atoms in total. The van der Waals surface area contributed by atoms with Crippen LogP contribution in [0.1, 0.15) is 25.2 Å². The summed E-state index contributed by atoms with van der Waals surface area (Å²) in [6.07, 6.45) is -3.43. The summed E-state index contributed by atoms with van der Waals surface area (Å²) in [4.78, 5) is 1.31. The van der Waals surface area contributed by atoms with Crippen LogP contribution in [0.25, 0.3) is 0 Å². The molecule has 0 aliphatic heterocycles. The molecular formula is C12H21F3N4. The smallest absolute Gasteiger partial charge is 0.329 e. The summed E-state index contributed by atoms with van der Waals surface area (Å²) in [6, 6.07) is 1.86. The quantitative estimate of drug-likeness (QED) is 0.827. The summed E-state index contributed by atoms with van der Waals surface area (Å²) in [6.45, 7) is 4.25. The van der Waals surface area contributed by atoms with Gasteiger partial charge in [0.05, 0.1) is 17.9 Å². The molecule has 0 aliphatic rings. The van der Waals surface area contributed by atoms with Gasteiger partial charge in [-0.05, 0) is 19.4 Å². The minimum Gasteiger partial charge on any atom is -0.329 e. The Morgan fingerprint density at radius 2 is 2.05 bits per heavy atom. The van der Waals surface area contributed by atoms with E-state index in [4.69, 9.17) is 5.73 Å². The molecule has 1 aromatic heterocycles. The molecule has 110 valence electrons. The number of aryl methyl sites for hydroxylation is 2. The Kier molecular flexibility index (Phi) is 5.81. The molecule has 0 spiro atoms. The first-order chi connectivity index (χ1) is 8.89. The number of nitrogens with zero attached hydrogens (tertiary/aromatic N) is 3. The Bertz CT molecular complexity index is 387. The second kappa shape index (κ2) is 6.91. The van der Waals surface area contributed by atoms with Gasteiger partial charge in [0, 0.05) is 26.2 Å². The van der Waals surface area contributed by atoms with E-state index in [0.717, 1.165) is 17.8 Å². The fraction of sp³-hybridized carbons (Fsp3) is 0.750. The average molecular weight is 278 g/mol. The van der Waals surface area contributed by atoms with Gasteiger partial charge in [-0.2, -0.15) is 18.3 Å². The Hall–Kier alpha value is -1.08. The predicted molar refractivity (Wildman–Crippen MR) is 67.7 cm³/mol. The molecular weight excluding hydrogens is 257 g/mol. The van der Waals surface area contributed by atoms with Gasteiger partial charge in [0.2, 0.25) is 0 Å². The molecule has 7 heteroatoms. The van der Waals surface area contributed by atoms with Crippen LogP contribution in [0, 0.1) is 0 Å². The van der Waals surface area contributed by atoms with Gasteiger partial charge in [-0.3, -0.25) is 9.58 Å². The Morgan fingerprint density at radius 3 is 2.53 bits per heavy atom. The molecule has 0 amide bonds. The van der Waals surface area contributed by atoms with Crippen LogP contribution in [0.5, 0.6) is 0 Å². The Morgan fingerprint density at radius 1 is 1.37 bits per heavy atom. The first kappa shape index (κ1) is 16.0. The van der Waals surface area contributed by atoms with Crippen LogP contribution < -0.4 is 5.73 Å². The van der Waals surface area contributed by atoms with Gasteiger partial charge < -0.3 is 5.73 Å². The van der Waals surface area contributed by atoms with Crippen molar-refractivity contribution in [2.75, 3.05) is 19.6 Å². The summed E-state index contributed by atoms with van der Waals surface area (Å²) >= 11 is 0. The highest BCUT2D eigenvalue weighted by Crippen LogP contribution is 2.18. The van der Waals surface area contributed by atoms with Crippen molar-refractivity contribution in [1.29, 1.82) is 0 Å². The molecule has 0 atom stereocenters. The third-order valence-electron chi connectivity index (χ3n) is 2.81. The van der Waals surface area contributed by atoms with E-state index in [0.29, 0.717) is 6.54 Å². The lowest BCUT2D eigenvalue weighted by atomic mass is 10.3. The lowest BCUT2D eigenvalue weighted by molar-refractivity contribution is -0.147. The standard InChI is InChI=1S/C12H21F3N4/c1-3-10-7-11(19(4-2)17-10)8-18(6-5-16)9-12(13,14)15/h7H,3-6,8-9,16H2,1-2H3. The van der Waals surface area contributed by atoms with Crippen molar-refractivity contribution < 1.29 is 13.2 Å². The zero-order valence-corrected chi connectivity index (χ0v) is 11.4. The average Bonchev–Trinajstić information content (AvgIpc) is 2.69. The molecule has 0 bridgehead atoms. The highest BCUT2D eigenvalue weighted by atomic mass is 19.4. The van der Waals surface area contributed by atoms with Gasteiger partial charge in [-0.1, -0.05) is 6.92 Å². The monoisotopic (exact) mass is 278 g/mol. The van der Waals surface area contributed by atoms with Gasteiger partial charge in [0.1, 0.15) is 0 Å². The van der Waals surface area contributed by atoms with Crippen LogP contribution in [0.2, 0.25) is 0 Å². The van der Waals surface area contributed by atoms with Crippen LogP contribution in [-0.4, -0.2) is 40.5 Å². The third-order valence-corrected chi connectivity index (χ3v) is 2.81. The normalized spacial score (nSPS) is 12.4. The number of aromatic nitrogens is 2. The van der Waals surface area contributed by atoms with E-state index < -0.39 is 12.7 Å². The van der Waals surface area contributed by atoms with Crippen LogP contribution in [0.4, 0.5) is 13.2 Å². The number of rotatable bonds is 7. The number of alkyl halides is 3. The van der Waals surface area contributed by atoms with E-state index in [1.165, 1.54) is 4.90 Å². The maximum atomic E-state index is 12.5. The van der Waals surface area contributed by atoms with E-state index in [1.54, 1.807) is 4.68 Å². The molecule has 0 saturated carbocycles. The van der Waals surface area contributed by atoms with Crippen molar-refractivity contribution in [3.63, 3.8) is 0 Å². The number of hydrogen-bond acceptors (Lipinski definition) is 3. The maximum Gasteiger partial charge on any atom is 0.401 e. The van der Waals surface area contributed by atoms with E-state index >= 15 is 0 Å². The van der Waals surface area contributed by atoms with E-state index in [1.807, 2.05) is 19.9 Å². The topological polar surface area (TPSA) is 47.1 Å². The predicted octanol–water partition coefficient (Wildman–Crippen LogP) is 1.79. The molecule has 0 aromatic carbocycles. The molecule has 0 saturated heterocycles. The lowest BCUT2D eigenvalue weighted by Gasteiger charge is -2.23. The van der Waals surface area contributed by atoms with Gasteiger partial charge in [-0.25, -0.2) is 0 Å². The molecule has 1 rings (SSSR count). The van der Waals surface area contributed by atoms with Crippen molar-refractivity contribution in [2.24, 2.45) is 5.73 Å². The summed E-state index contributed by atoms with van der Waals surface area (Å²) in [5, 5.41) is 4.33. The molecule has 2 N–H and O–H groups in total. The summed E-state index contributed by atoms with van der Waals surface area (Å²) < 4.78 is 39.2. The van der Waals surface area contributed by atoms with Crippen molar-refractivity contribution in [1.82, 2.24) is 14.7 Å². The SMILES string of the molecule is CCc1cc(CN(CCN)CC(F)(F)F)n(CC)n1. The van der Waals surface area contributed by atoms with Crippen LogP contribution in [-0.2, 0) is 19.5 Å². The molecule has 0 unspecified atom stereocenters. The molecule has 19 heavy (non-hydrogen) atoms. The zero-order chi connectivity index (χ0) is 14.5. The molecule has 0 aliphatic carbocycles. The fourth-order valence-electron chi connectivity index (χ4n) is 1.97. The zero-order valence-electron chi connectivity index (χ0n) is 11.4. The number of halogens is 3. The largest absolute Gasteiger partial charge is 0.401 e. The summed E-state index contributed by atoms with van der Waals surface area (Å²) in [5.74, 6) is 0. The Balaban J connectivity index is 2.80. The van der Waals surface area contributed by atoms with Crippen LogP contribution in [0.15, 0.2) is 6.07 Å². The highest BCUT2D eigenvalue weighted by molar-refractivity contribution is 5.10. The van der Waals surface area contributed by atoms with Crippen molar-refractivity contribution in [3.8, 4) is 0 Å². The Labute approximate surface area is 111 Å². The van der Waals surface area contributed by atoms with E-state index in [9.17, 15) is 13.2 Å². The number of nitrogens with two attached hydrogens (primary N) is 1. The second-order valence-corrected chi connectivity index (χ2v) is 4.41. The number of hydrogen-bond donors (Lipinski definition) is 1. The maximum absolute atomic E-state index is 12.5. The minimum absolute atomic E-state index is 0.205. The fourth-order valence-corrected chi connectivity index (χ4v) is 1.97. The first-order valence-electron chi connectivity index (χ1n) is 6.44. The summed E-state index contributed by atoms with van der Waals surface area (Å²) in [5.41, 5.74) is 7.07. The second-order valence-electron chi connectivity index (χ2n) is 4.41.